The molecule has 2 N–H and O–H groups in total. The summed E-state index contributed by atoms with van der Waals surface area (Å²) in [5, 5.41) is 13.4. The molecule has 2 nitrogen and oxygen atoms in total. The molecule has 0 aliphatic carbocycles. The van der Waals surface area contributed by atoms with Crippen molar-refractivity contribution < 1.29 is 5.11 Å². The molecule has 2 rings (SSSR count). The summed E-state index contributed by atoms with van der Waals surface area (Å²) in [4.78, 5) is 0. The maximum absolute atomic E-state index is 9.98. The Balaban J connectivity index is 1.95. The molecule has 1 aromatic carbocycles. The summed E-state index contributed by atoms with van der Waals surface area (Å²) in [5.74, 6) is 0. The second-order valence-corrected chi connectivity index (χ2v) is 4.79. The van der Waals surface area contributed by atoms with Gasteiger partial charge in [0.1, 0.15) is 0 Å². The van der Waals surface area contributed by atoms with Crippen LogP contribution in [0.5, 0.6) is 0 Å². The van der Waals surface area contributed by atoms with Crippen molar-refractivity contribution in [2.45, 2.75) is 37.8 Å². The molecule has 0 radical (unpaired) electrons. The minimum Gasteiger partial charge on any atom is -0.390 e. The van der Waals surface area contributed by atoms with Crippen molar-refractivity contribution in [3.05, 3.63) is 35.9 Å². The molecule has 15 heavy (non-hydrogen) atoms. The maximum atomic E-state index is 9.98. The summed E-state index contributed by atoms with van der Waals surface area (Å²) >= 11 is 0. The van der Waals surface area contributed by atoms with Crippen molar-refractivity contribution in [3.63, 3.8) is 0 Å². The van der Waals surface area contributed by atoms with Crippen LogP contribution in [0.25, 0.3) is 0 Å². The first-order chi connectivity index (χ1) is 7.16. The van der Waals surface area contributed by atoms with Crippen molar-refractivity contribution in [3.8, 4) is 0 Å². The first-order valence-corrected chi connectivity index (χ1v) is 5.65. The van der Waals surface area contributed by atoms with E-state index in [1.807, 2.05) is 13.0 Å². The Hall–Kier alpha value is -0.860. The van der Waals surface area contributed by atoms with Crippen molar-refractivity contribution >= 4 is 0 Å². The van der Waals surface area contributed by atoms with Gasteiger partial charge in [-0.15, -0.1) is 0 Å². The van der Waals surface area contributed by atoms with Gasteiger partial charge in [-0.05, 0) is 38.3 Å². The van der Waals surface area contributed by atoms with Gasteiger partial charge < -0.3 is 10.4 Å². The number of hydrogen-bond acceptors (Lipinski definition) is 2. The summed E-state index contributed by atoms with van der Waals surface area (Å²) in [6, 6.07) is 10.9. The second kappa shape index (κ2) is 4.33. The van der Waals surface area contributed by atoms with Crippen LogP contribution in [-0.2, 0) is 6.42 Å². The molecule has 0 saturated carbocycles. The first kappa shape index (κ1) is 10.7. The van der Waals surface area contributed by atoms with Gasteiger partial charge in [-0.2, -0.15) is 0 Å². The number of aliphatic hydroxyl groups is 1. The van der Waals surface area contributed by atoms with Crippen LogP contribution >= 0.6 is 0 Å². The highest BCUT2D eigenvalue weighted by molar-refractivity contribution is 5.16. The zero-order valence-corrected chi connectivity index (χ0v) is 9.24. The van der Waals surface area contributed by atoms with Gasteiger partial charge >= 0.3 is 0 Å². The van der Waals surface area contributed by atoms with Gasteiger partial charge in [0.25, 0.3) is 0 Å². The average Bonchev–Trinajstić information content (AvgIpc) is 2.17. The predicted octanol–water partition coefficient (Wildman–Crippen LogP) is 1.73. The summed E-state index contributed by atoms with van der Waals surface area (Å²) in [6.07, 6.45) is 2.72. The van der Waals surface area contributed by atoms with Crippen molar-refractivity contribution in [1.29, 1.82) is 0 Å². The van der Waals surface area contributed by atoms with Crippen LogP contribution in [0.4, 0.5) is 0 Å². The molecule has 2 atom stereocenters. The fourth-order valence-electron chi connectivity index (χ4n) is 2.29. The van der Waals surface area contributed by atoms with Gasteiger partial charge in [-0.25, -0.2) is 0 Å². The van der Waals surface area contributed by atoms with Gasteiger partial charge in [0.05, 0.1) is 5.60 Å². The van der Waals surface area contributed by atoms with Gasteiger partial charge in [-0.1, -0.05) is 30.3 Å². The largest absolute Gasteiger partial charge is 0.390 e. The SMILES string of the molecule is CC1(O)CCNC(Cc2ccccc2)C1. The smallest absolute Gasteiger partial charge is 0.0646 e. The Morgan fingerprint density at radius 3 is 2.80 bits per heavy atom. The molecule has 0 spiro atoms. The van der Waals surface area contributed by atoms with E-state index in [-0.39, 0.29) is 0 Å². The van der Waals surface area contributed by atoms with Gasteiger partial charge in [0.15, 0.2) is 0 Å². The van der Waals surface area contributed by atoms with Crippen LogP contribution < -0.4 is 5.32 Å². The molecule has 0 aromatic heterocycles. The molecule has 0 amide bonds. The normalized spacial score (nSPS) is 31.5. The predicted molar refractivity (Wildman–Crippen MR) is 61.8 cm³/mol. The summed E-state index contributed by atoms with van der Waals surface area (Å²) in [7, 11) is 0. The Labute approximate surface area is 91.3 Å². The molecule has 1 aliphatic rings. The second-order valence-electron chi connectivity index (χ2n) is 4.79. The number of benzene rings is 1. The van der Waals surface area contributed by atoms with E-state index in [9.17, 15) is 5.11 Å². The van der Waals surface area contributed by atoms with E-state index in [0.29, 0.717) is 6.04 Å². The van der Waals surface area contributed by atoms with Crippen LogP contribution in [0.3, 0.4) is 0 Å². The van der Waals surface area contributed by atoms with Crippen LogP contribution in [0.15, 0.2) is 30.3 Å². The lowest BCUT2D eigenvalue weighted by atomic mass is 9.87. The third-order valence-corrected chi connectivity index (χ3v) is 3.11. The van der Waals surface area contributed by atoms with E-state index in [0.717, 1.165) is 25.8 Å². The van der Waals surface area contributed by atoms with Crippen molar-refractivity contribution in [2.24, 2.45) is 0 Å². The third-order valence-electron chi connectivity index (χ3n) is 3.11. The van der Waals surface area contributed by atoms with E-state index in [1.54, 1.807) is 0 Å². The topological polar surface area (TPSA) is 32.3 Å². The van der Waals surface area contributed by atoms with E-state index >= 15 is 0 Å². The molecule has 2 unspecified atom stereocenters. The molecule has 1 aliphatic heterocycles. The van der Waals surface area contributed by atoms with E-state index < -0.39 is 5.60 Å². The molecular formula is C13H19NO. The number of nitrogens with one attached hydrogen (secondary N) is 1. The first-order valence-electron chi connectivity index (χ1n) is 5.65. The molecular weight excluding hydrogens is 186 g/mol. The summed E-state index contributed by atoms with van der Waals surface area (Å²) < 4.78 is 0. The molecule has 82 valence electrons. The standard InChI is InChI=1S/C13H19NO/c1-13(15)7-8-14-12(10-13)9-11-5-3-2-4-6-11/h2-6,12,14-15H,7-10H2,1H3. The van der Waals surface area contributed by atoms with Crippen LogP contribution in [0, 0.1) is 0 Å². The Kier molecular flexibility index (Phi) is 3.08. The molecule has 1 fully saturated rings. The van der Waals surface area contributed by atoms with Crippen LogP contribution in [0.1, 0.15) is 25.3 Å². The zero-order valence-electron chi connectivity index (χ0n) is 9.24. The van der Waals surface area contributed by atoms with E-state index in [1.165, 1.54) is 5.56 Å². The lowest BCUT2D eigenvalue weighted by Crippen LogP contribution is -2.47. The summed E-state index contributed by atoms with van der Waals surface area (Å²) in [6.45, 7) is 2.86. The van der Waals surface area contributed by atoms with Crippen LogP contribution in [0.2, 0.25) is 0 Å². The molecule has 2 heteroatoms. The van der Waals surface area contributed by atoms with E-state index in [2.05, 4.69) is 29.6 Å². The van der Waals surface area contributed by atoms with Crippen LogP contribution in [-0.4, -0.2) is 23.3 Å². The number of hydrogen-bond donors (Lipinski definition) is 2. The highest BCUT2D eigenvalue weighted by Gasteiger charge is 2.29. The zero-order chi connectivity index (χ0) is 10.7. The van der Waals surface area contributed by atoms with Crippen molar-refractivity contribution in [1.82, 2.24) is 5.32 Å². The van der Waals surface area contributed by atoms with E-state index in [4.69, 9.17) is 0 Å². The number of rotatable bonds is 2. The fraction of sp³-hybridized carbons (Fsp3) is 0.538. The minimum absolute atomic E-state index is 0.413. The van der Waals surface area contributed by atoms with Gasteiger partial charge in [-0.3, -0.25) is 0 Å². The lowest BCUT2D eigenvalue weighted by Gasteiger charge is -2.35. The van der Waals surface area contributed by atoms with Gasteiger partial charge in [0, 0.05) is 6.04 Å². The van der Waals surface area contributed by atoms with Crippen molar-refractivity contribution in [2.75, 3.05) is 6.54 Å². The molecule has 0 bridgehead atoms. The Bertz CT molecular complexity index is 308. The Morgan fingerprint density at radius 1 is 1.40 bits per heavy atom. The minimum atomic E-state index is -0.481. The van der Waals surface area contributed by atoms with Gasteiger partial charge in [0.2, 0.25) is 0 Å². The fourth-order valence-corrected chi connectivity index (χ4v) is 2.29. The number of piperidine rings is 1. The average molecular weight is 205 g/mol. The summed E-state index contributed by atoms with van der Waals surface area (Å²) in [5.41, 5.74) is 0.859. The quantitative estimate of drug-likeness (QED) is 0.770. The monoisotopic (exact) mass is 205 g/mol. The highest BCUT2D eigenvalue weighted by Crippen LogP contribution is 2.22. The highest BCUT2D eigenvalue weighted by atomic mass is 16.3. The lowest BCUT2D eigenvalue weighted by molar-refractivity contribution is 0.0136. The third kappa shape index (κ3) is 3.05. The molecule has 1 aromatic rings. The maximum Gasteiger partial charge on any atom is 0.0646 e. The Morgan fingerprint density at radius 2 is 2.13 bits per heavy atom. The molecule has 1 heterocycles. The molecule has 1 saturated heterocycles.